The van der Waals surface area contributed by atoms with Crippen molar-refractivity contribution in [1.82, 2.24) is 4.98 Å². The maximum absolute atomic E-state index is 15.2. The van der Waals surface area contributed by atoms with Crippen molar-refractivity contribution < 1.29 is 31.9 Å². The van der Waals surface area contributed by atoms with Crippen LogP contribution in [0.2, 0.25) is 0 Å². The Balaban J connectivity index is 1.48. The minimum atomic E-state index is -5.86. The molecular formula is C33H32F5NO2. The zero-order valence-electron chi connectivity index (χ0n) is 22.7. The van der Waals surface area contributed by atoms with Crippen molar-refractivity contribution >= 4 is 17.9 Å². The van der Waals surface area contributed by atoms with Crippen LogP contribution < -0.4 is 0 Å². The van der Waals surface area contributed by atoms with Crippen molar-refractivity contribution in [2.45, 2.75) is 75.5 Å². The molecule has 0 amide bonds. The molecule has 216 valence electrons. The van der Waals surface area contributed by atoms with E-state index in [2.05, 4.69) is 4.98 Å². The Morgan fingerprint density at radius 1 is 1.00 bits per heavy atom. The van der Waals surface area contributed by atoms with E-state index in [0.717, 1.165) is 33.4 Å². The average molecular weight is 570 g/mol. The predicted octanol–water partition coefficient (Wildman–Crippen LogP) is 8.08. The molecule has 0 radical (unpaired) electrons. The molecule has 6 rings (SSSR count). The van der Waals surface area contributed by atoms with Crippen LogP contribution >= 0.6 is 0 Å². The second-order valence-electron chi connectivity index (χ2n) is 12.3. The number of pyridine rings is 1. The lowest BCUT2D eigenvalue weighted by Gasteiger charge is -2.56. The van der Waals surface area contributed by atoms with E-state index in [9.17, 15) is 23.1 Å². The Morgan fingerprint density at radius 2 is 1.76 bits per heavy atom. The molecule has 1 aromatic heterocycles. The summed E-state index contributed by atoms with van der Waals surface area (Å²) in [7, 11) is 0. The van der Waals surface area contributed by atoms with Gasteiger partial charge >= 0.3 is 12.1 Å². The molecule has 4 aliphatic rings. The van der Waals surface area contributed by atoms with Crippen molar-refractivity contribution in [2.75, 3.05) is 0 Å². The minimum absolute atomic E-state index is 0.0355. The molecule has 8 heteroatoms. The molecule has 1 aromatic carbocycles. The Kier molecular flexibility index (Phi) is 6.64. The van der Waals surface area contributed by atoms with Crippen molar-refractivity contribution in [2.24, 2.45) is 17.3 Å². The first-order valence-corrected chi connectivity index (χ1v) is 14.2. The first-order chi connectivity index (χ1) is 19.4. The Morgan fingerprint density at radius 3 is 2.49 bits per heavy atom. The zero-order valence-corrected chi connectivity index (χ0v) is 22.7. The number of allylic oxidation sites excluding steroid dienone is 4. The summed E-state index contributed by atoms with van der Waals surface area (Å²) in [5.41, 5.74) is 0.763. The van der Waals surface area contributed by atoms with Gasteiger partial charge in [-0.2, -0.15) is 22.0 Å². The van der Waals surface area contributed by atoms with Crippen LogP contribution in [-0.4, -0.2) is 33.6 Å². The smallest absolute Gasteiger partial charge is 0.383 e. The summed E-state index contributed by atoms with van der Waals surface area (Å²) in [4.78, 5) is 16.4. The van der Waals surface area contributed by atoms with Gasteiger partial charge in [0, 0.05) is 30.1 Å². The number of halogens is 5. The van der Waals surface area contributed by atoms with Crippen LogP contribution in [0.25, 0.3) is 12.2 Å². The van der Waals surface area contributed by atoms with Gasteiger partial charge < -0.3 is 5.11 Å². The van der Waals surface area contributed by atoms with Gasteiger partial charge in [-0.15, -0.1) is 0 Å². The lowest BCUT2D eigenvalue weighted by atomic mass is 9.50. The van der Waals surface area contributed by atoms with Crippen molar-refractivity contribution in [3.05, 3.63) is 88.3 Å². The second-order valence-corrected chi connectivity index (χ2v) is 12.3. The molecule has 0 aliphatic heterocycles. The molecule has 3 nitrogen and oxygen atoms in total. The minimum Gasteiger partial charge on any atom is -0.383 e. The summed E-state index contributed by atoms with van der Waals surface area (Å²) in [6.45, 7) is 1.45. The first kappa shape index (κ1) is 28.0. The highest BCUT2D eigenvalue weighted by molar-refractivity contribution is 5.93. The molecule has 0 spiro atoms. The number of ketones is 1. The average Bonchev–Trinajstić information content (AvgIpc) is 3.22. The Hall–Kier alpha value is -3.13. The zero-order chi connectivity index (χ0) is 29.2. The molecule has 5 atom stereocenters. The van der Waals surface area contributed by atoms with Crippen LogP contribution in [0.15, 0.2) is 71.6 Å². The third-order valence-electron chi connectivity index (χ3n) is 10.2. The summed E-state index contributed by atoms with van der Waals surface area (Å²) in [5.74, 6) is -6.42. The number of aliphatic hydroxyl groups is 1. The van der Waals surface area contributed by atoms with E-state index in [-0.39, 0.29) is 24.5 Å². The number of fused-ring (bicyclic) bond motifs is 4. The van der Waals surface area contributed by atoms with E-state index in [4.69, 9.17) is 0 Å². The van der Waals surface area contributed by atoms with Gasteiger partial charge in [-0.3, -0.25) is 9.78 Å². The van der Waals surface area contributed by atoms with Gasteiger partial charge in [0.2, 0.25) is 0 Å². The standard InChI is InChI=1S/C33H32F5NO2/c1-30-18-27(22-6-2-4-20(16-22)7-8-21-5-3-15-39-19-21)29-25-12-10-24(40)17-23(25)9-11-26(29)28(30)13-14-31(30,41)32(34,35)33(36,37)38/h2-8,15-17,19,26-28,41H,9-14,18H2,1H3/t26-,27+,28-,30-,31-/m0/s1. The highest BCUT2D eigenvalue weighted by Crippen LogP contribution is 2.70. The summed E-state index contributed by atoms with van der Waals surface area (Å²) < 4.78 is 71.7. The van der Waals surface area contributed by atoms with E-state index in [1.54, 1.807) is 18.5 Å². The monoisotopic (exact) mass is 569 g/mol. The molecule has 0 unspecified atom stereocenters. The summed E-state index contributed by atoms with van der Waals surface area (Å²) in [6, 6.07) is 11.4. The molecule has 2 saturated carbocycles. The van der Waals surface area contributed by atoms with E-state index in [1.165, 1.54) is 6.92 Å². The van der Waals surface area contributed by atoms with Gasteiger partial charge in [-0.05, 0) is 90.3 Å². The molecular weight excluding hydrogens is 537 g/mol. The van der Waals surface area contributed by atoms with E-state index in [0.29, 0.717) is 25.7 Å². The predicted molar refractivity (Wildman–Crippen MR) is 146 cm³/mol. The van der Waals surface area contributed by atoms with Crippen LogP contribution in [0.5, 0.6) is 0 Å². The fraction of sp³-hybridized carbons (Fsp3) is 0.455. The maximum Gasteiger partial charge on any atom is 0.456 e. The molecule has 0 bridgehead atoms. The summed E-state index contributed by atoms with van der Waals surface area (Å²) in [5, 5.41) is 11.4. The van der Waals surface area contributed by atoms with Crippen LogP contribution in [0.3, 0.4) is 0 Å². The molecule has 0 saturated heterocycles. The molecule has 2 fully saturated rings. The fourth-order valence-corrected chi connectivity index (χ4v) is 8.26. The summed E-state index contributed by atoms with van der Waals surface area (Å²) >= 11 is 0. The quantitative estimate of drug-likeness (QED) is 0.379. The van der Waals surface area contributed by atoms with E-state index < -0.39 is 41.4 Å². The van der Waals surface area contributed by atoms with E-state index in [1.807, 2.05) is 48.6 Å². The van der Waals surface area contributed by atoms with Gasteiger partial charge in [0.15, 0.2) is 5.78 Å². The number of nitrogens with zero attached hydrogens (tertiary/aromatic N) is 1. The third-order valence-corrected chi connectivity index (χ3v) is 10.2. The second kappa shape index (κ2) is 9.72. The van der Waals surface area contributed by atoms with Crippen molar-refractivity contribution in [1.29, 1.82) is 0 Å². The fourth-order valence-electron chi connectivity index (χ4n) is 8.26. The van der Waals surface area contributed by atoms with Crippen molar-refractivity contribution in [3.8, 4) is 0 Å². The van der Waals surface area contributed by atoms with Crippen LogP contribution in [0.4, 0.5) is 22.0 Å². The number of carbonyl (C=O) groups excluding carboxylic acids is 1. The number of alkyl halides is 5. The van der Waals surface area contributed by atoms with Gasteiger partial charge in [0.1, 0.15) is 5.60 Å². The Bertz CT molecular complexity index is 1460. The first-order valence-electron chi connectivity index (χ1n) is 14.2. The number of hydrogen-bond acceptors (Lipinski definition) is 3. The van der Waals surface area contributed by atoms with Crippen LogP contribution in [0.1, 0.15) is 74.5 Å². The number of rotatable bonds is 4. The molecule has 4 aliphatic carbocycles. The van der Waals surface area contributed by atoms with Gasteiger partial charge in [0.25, 0.3) is 0 Å². The maximum atomic E-state index is 15.2. The van der Waals surface area contributed by atoms with Gasteiger partial charge in [-0.1, -0.05) is 55.0 Å². The lowest BCUT2D eigenvalue weighted by Crippen LogP contribution is -2.65. The molecule has 41 heavy (non-hydrogen) atoms. The highest BCUT2D eigenvalue weighted by Gasteiger charge is 2.79. The number of carbonyl (C=O) groups is 1. The van der Waals surface area contributed by atoms with Crippen LogP contribution in [0, 0.1) is 17.3 Å². The van der Waals surface area contributed by atoms with Gasteiger partial charge in [-0.25, -0.2) is 0 Å². The van der Waals surface area contributed by atoms with Gasteiger partial charge in [0.05, 0.1) is 0 Å². The highest BCUT2D eigenvalue weighted by atomic mass is 19.4. The van der Waals surface area contributed by atoms with Crippen molar-refractivity contribution in [3.63, 3.8) is 0 Å². The van der Waals surface area contributed by atoms with Crippen LogP contribution in [-0.2, 0) is 4.79 Å². The normalized spacial score (nSPS) is 32.0. The molecule has 1 heterocycles. The Labute approximate surface area is 235 Å². The van der Waals surface area contributed by atoms with E-state index >= 15 is 8.78 Å². The number of aromatic nitrogens is 1. The largest absolute Gasteiger partial charge is 0.456 e. The lowest BCUT2D eigenvalue weighted by molar-refractivity contribution is -0.362. The SMILES string of the molecule is C[C@]12C[C@H](c3cccc(C=Cc4cccnc4)c3)C3=C4CCC(=O)C=C4CC[C@H]3[C@@H]1CC[C@@]2(O)C(F)(F)C(F)(F)F. The molecule has 2 aromatic rings. The summed E-state index contributed by atoms with van der Waals surface area (Å²) in [6.07, 6.45) is 4.53. The number of hydrogen-bond donors (Lipinski definition) is 1. The topological polar surface area (TPSA) is 50.2 Å². The third kappa shape index (κ3) is 4.32. The molecule has 1 N–H and O–H groups in total. The number of benzene rings is 1.